The fourth-order valence-corrected chi connectivity index (χ4v) is 17.7. The van der Waals surface area contributed by atoms with Crippen LogP contribution in [0.1, 0.15) is 61.3 Å². The molecule has 10 rings (SSSR count). The number of carbonyl (C=O) groups excluding carboxylic acids is 5. The van der Waals surface area contributed by atoms with Crippen molar-refractivity contribution in [3.8, 4) is 0 Å². The lowest BCUT2D eigenvalue weighted by Gasteiger charge is -2.53. The standard InChI is InChI=1S/C76H125N5O55/c1-18-40(98)48(106)50(108)68(119-18)130-60-38(80-23(6)92)66(118-17-34-47(105)57(37(65(113)121-34)79-22(5)91)129-72-54(112)64(46(104)31(14-86)124-72)136-76(74(116)117)9-26(95)36(78-21(4)90)59(134-76)43(101)28(97)11-83)125-32(15-87)55(60)127-70-52(110)62(44(102)29(12-84)122-70)132-67-39(81-24(7)93)61(131-69-51(109)49(107)41(99)19(2)120-69)56(33(16-88)126-67)128-71-53(111)63(45(103)30(13-85)123-71)135-75(73(114)115)8-25(94)35(77-20(3)89)58(133-75)42(100)27(96)10-82/h18-19,25-72,82-88,94-113H,8-17H2,1-7H3,(H,77,89)(H,78,90)(H,79,91)(H,80,92)(H,81,93)(H,114,115)(H,116,117)/t18-,19-,25-,26-,27+,28+,29+,30+,31+,32+,33+,34+,35+,36+,37+,38+,39+,40+,41+,42+,43+,44-,45-,46-,47-,48+,49+,50-,51-,52+,53+,54+,55+,56+,57+,58+,59+,60+,61+,62-,63-,64-,65-,66+,67-,68-,69-,70-,71-,72-,75-,76-/m0/s1. The molecule has 0 unspecified atom stereocenters. The van der Waals surface area contributed by atoms with Crippen molar-refractivity contribution in [2.24, 2.45) is 0 Å². The maximum absolute atomic E-state index is 13.7. The number of ether oxygens (including phenoxy) is 19. The Bertz CT molecular complexity index is 3890. The van der Waals surface area contributed by atoms with Gasteiger partial charge in [0.05, 0.1) is 89.4 Å². The van der Waals surface area contributed by atoms with Crippen LogP contribution in [-0.2, 0) is 124 Å². The Morgan fingerprint density at radius 1 is 0.316 bits per heavy atom. The van der Waals surface area contributed by atoms with Gasteiger partial charge < -0.3 is 265 Å². The third-order valence-electron chi connectivity index (χ3n) is 24.7. The quantitative estimate of drug-likeness (QED) is 0.0275. The number of aliphatic hydroxyl groups excluding tert-OH is 27. The monoisotopic (exact) mass is 1990 g/mol. The summed E-state index contributed by atoms with van der Waals surface area (Å²) in [6.45, 7) is -3.20. The first-order valence-corrected chi connectivity index (χ1v) is 43.1. The lowest BCUT2D eigenvalue weighted by atomic mass is 9.88. The van der Waals surface area contributed by atoms with E-state index in [1.807, 2.05) is 0 Å². The highest BCUT2D eigenvalue weighted by atomic mass is 16.8. The number of aliphatic carboxylic acids is 2. The van der Waals surface area contributed by atoms with E-state index < -0.39 is 425 Å². The molecule has 0 saturated carbocycles. The molecule has 0 aromatic carbocycles. The third-order valence-corrected chi connectivity index (χ3v) is 24.7. The zero-order chi connectivity index (χ0) is 101. The summed E-state index contributed by atoms with van der Waals surface area (Å²) in [5.41, 5.74) is 0. The van der Waals surface area contributed by atoms with E-state index in [0.29, 0.717) is 0 Å². The van der Waals surface area contributed by atoms with Crippen LogP contribution < -0.4 is 26.6 Å². The minimum atomic E-state index is -3.37. The molecule has 34 N–H and O–H groups in total. The van der Waals surface area contributed by atoms with E-state index in [1.165, 1.54) is 13.8 Å². The molecule has 5 amide bonds. The highest BCUT2D eigenvalue weighted by Gasteiger charge is 2.66. The predicted octanol–water partition coefficient (Wildman–Crippen LogP) is -21.6. The molecular weight excluding hydrogens is 1860 g/mol. The van der Waals surface area contributed by atoms with Gasteiger partial charge in [0, 0.05) is 47.5 Å². The van der Waals surface area contributed by atoms with Crippen LogP contribution in [0.4, 0.5) is 0 Å². The summed E-state index contributed by atoms with van der Waals surface area (Å²) in [6.07, 6.45) is -103. The van der Waals surface area contributed by atoms with Crippen LogP contribution in [0, 0.1) is 0 Å². The Hall–Kier alpha value is -5.55. The number of hydrogen-bond donors (Lipinski definition) is 34. The van der Waals surface area contributed by atoms with Crippen LogP contribution in [0.3, 0.4) is 0 Å². The molecule has 10 aliphatic heterocycles. The summed E-state index contributed by atoms with van der Waals surface area (Å²) in [6, 6.07) is -9.77. The second-order valence-corrected chi connectivity index (χ2v) is 34.5. The minimum absolute atomic E-state index is 0.857. The summed E-state index contributed by atoms with van der Waals surface area (Å²) in [7, 11) is 0. The minimum Gasteiger partial charge on any atom is -0.477 e. The number of aliphatic hydroxyl groups is 27. The van der Waals surface area contributed by atoms with E-state index in [2.05, 4.69) is 26.6 Å². The van der Waals surface area contributed by atoms with Gasteiger partial charge >= 0.3 is 11.9 Å². The molecule has 10 aliphatic rings. The smallest absolute Gasteiger partial charge is 0.364 e. The number of amides is 5. The molecule has 0 bridgehead atoms. The molecule has 0 spiro atoms. The number of hydrogen-bond acceptors (Lipinski definition) is 53. The molecule has 136 heavy (non-hydrogen) atoms. The highest BCUT2D eigenvalue weighted by molar-refractivity contribution is 5.78. The maximum Gasteiger partial charge on any atom is 0.364 e. The van der Waals surface area contributed by atoms with Crippen molar-refractivity contribution >= 4 is 41.5 Å². The fraction of sp³-hybridized carbons (Fsp3) is 0.908. The first-order chi connectivity index (χ1) is 63.9. The molecule has 0 aliphatic carbocycles. The van der Waals surface area contributed by atoms with Crippen LogP contribution in [0.2, 0.25) is 0 Å². The van der Waals surface area contributed by atoms with Crippen molar-refractivity contribution < 1.29 is 272 Å². The van der Waals surface area contributed by atoms with Gasteiger partial charge in [-0.1, -0.05) is 0 Å². The average Bonchev–Trinajstić information content (AvgIpc) is 0.755. The molecule has 0 aromatic rings. The fourth-order valence-electron chi connectivity index (χ4n) is 17.7. The molecule has 784 valence electrons. The van der Waals surface area contributed by atoms with Gasteiger partial charge in [0.1, 0.15) is 220 Å². The molecule has 10 saturated heterocycles. The van der Waals surface area contributed by atoms with Crippen molar-refractivity contribution in [1.29, 1.82) is 0 Å². The molecule has 10 fully saturated rings. The van der Waals surface area contributed by atoms with Crippen molar-refractivity contribution in [2.45, 2.75) is 379 Å². The molecule has 0 radical (unpaired) electrons. The lowest BCUT2D eigenvalue weighted by molar-refractivity contribution is -0.401. The number of carboxylic acid groups (broad SMARTS) is 2. The topological polar surface area (TPSA) is 942 Å². The largest absolute Gasteiger partial charge is 0.477 e. The molecule has 60 nitrogen and oxygen atoms in total. The summed E-state index contributed by atoms with van der Waals surface area (Å²) in [5, 5.41) is 338. The van der Waals surface area contributed by atoms with Crippen LogP contribution in [-0.4, -0.2) is 560 Å². The van der Waals surface area contributed by atoms with Gasteiger partial charge in [-0.15, -0.1) is 0 Å². The summed E-state index contributed by atoms with van der Waals surface area (Å²) < 4.78 is 114. The zero-order valence-corrected chi connectivity index (χ0v) is 73.5. The number of carboxylic acids is 2. The lowest BCUT2D eigenvalue weighted by Crippen LogP contribution is -2.72. The first kappa shape index (κ1) is 112. The van der Waals surface area contributed by atoms with Gasteiger partial charge in [0.15, 0.2) is 50.3 Å². The Morgan fingerprint density at radius 3 is 0.963 bits per heavy atom. The summed E-state index contributed by atoms with van der Waals surface area (Å²) in [4.78, 5) is 91.7. The second-order valence-electron chi connectivity index (χ2n) is 34.5. The van der Waals surface area contributed by atoms with Gasteiger partial charge in [-0.3, -0.25) is 24.0 Å². The second kappa shape index (κ2) is 47.8. The Balaban J connectivity index is 0.958. The molecular formula is C76H125N5O55. The molecule has 60 heteroatoms. The molecule has 10 heterocycles. The van der Waals surface area contributed by atoms with Crippen LogP contribution >= 0.6 is 0 Å². The number of rotatable bonds is 37. The zero-order valence-electron chi connectivity index (χ0n) is 73.5. The number of carbonyl (C=O) groups is 7. The van der Waals surface area contributed by atoms with Gasteiger partial charge in [-0.2, -0.15) is 0 Å². The highest BCUT2D eigenvalue weighted by Crippen LogP contribution is 2.45. The molecule has 52 atom stereocenters. The van der Waals surface area contributed by atoms with Crippen molar-refractivity contribution in [2.75, 3.05) is 52.9 Å². The Morgan fingerprint density at radius 2 is 0.610 bits per heavy atom. The maximum atomic E-state index is 13.7. The predicted molar refractivity (Wildman–Crippen MR) is 419 cm³/mol. The van der Waals surface area contributed by atoms with Crippen molar-refractivity contribution in [3.05, 3.63) is 0 Å². The van der Waals surface area contributed by atoms with E-state index in [0.717, 1.165) is 34.6 Å². The van der Waals surface area contributed by atoms with Gasteiger partial charge in [-0.05, 0) is 13.8 Å². The number of nitrogens with one attached hydrogen (secondary N) is 5. The summed E-state index contributed by atoms with van der Waals surface area (Å²) >= 11 is 0. The van der Waals surface area contributed by atoms with Crippen LogP contribution in [0.5, 0.6) is 0 Å². The van der Waals surface area contributed by atoms with Crippen LogP contribution in [0.25, 0.3) is 0 Å². The molecule has 0 aromatic heterocycles. The van der Waals surface area contributed by atoms with E-state index in [4.69, 9.17) is 90.0 Å². The first-order valence-electron chi connectivity index (χ1n) is 43.1. The van der Waals surface area contributed by atoms with E-state index >= 15 is 0 Å². The SMILES string of the molecule is CC(=O)N[C@@H]1[C@@H](O[C@@H]2O[C@H](CO)[C@H](O)[C@H](O[C@]3(C(=O)O)C[C@H](O)[C@@H](NC(C)=O)[C@H]([C@H](O)[C@H](O)CO)O3)[C@H]2O)[C@@H](O)[C@@H](CO[C@@H]2O[C@H](CO)[C@@H](O[C@@H]3O[C@H](CO)[C@H](O)[C@H](O[C@@H]4O[C@H](CO)[C@@H](O[C@@H]5O[C@H](CO)[C@H](O)[C@H](O[C@]6(C(=O)O)C[C@H](O)[C@@H](NC(C)=O)[C@H]([C@H](O)[C@H](O)CO)O6)[C@H]5O)[C@H](O[C@@H]5O[C@@H](C)[C@@H](O)[C@@H](O)[C@@H]5O)[C@H]4NC(C)=O)[C@H]3O)[C@H](O[C@@H]3O[C@@H](C)[C@@H](O)[C@@H](O)[C@@H]3O)[C@H]2NC(C)=O)O[C@@H]1O. The van der Waals surface area contributed by atoms with E-state index in [-0.39, 0.29) is 0 Å². The Kier molecular flexibility index (Phi) is 39.5. The van der Waals surface area contributed by atoms with Crippen molar-refractivity contribution in [1.82, 2.24) is 26.6 Å². The summed E-state index contributed by atoms with van der Waals surface area (Å²) in [5.74, 6) is -16.0. The van der Waals surface area contributed by atoms with Gasteiger partial charge in [0.25, 0.3) is 11.6 Å². The van der Waals surface area contributed by atoms with Crippen molar-refractivity contribution in [3.63, 3.8) is 0 Å². The van der Waals surface area contributed by atoms with Gasteiger partial charge in [-0.25, -0.2) is 9.59 Å². The Labute approximate surface area is 769 Å². The normalized spacial score (nSPS) is 46.7. The van der Waals surface area contributed by atoms with E-state index in [1.54, 1.807) is 0 Å². The van der Waals surface area contributed by atoms with Gasteiger partial charge in [0.2, 0.25) is 29.5 Å². The third kappa shape index (κ3) is 24.6. The van der Waals surface area contributed by atoms with Crippen LogP contribution in [0.15, 0.2) is 0 Å². The van der Waals surface area contributed by atoms with E-state index in [9.17, 15) is 182 Å². The average molecular weight is 1990 g/mol.